The molecule has 3 atom stereocenters. The molecule has 0 aliphatic rings. The molecule has 184 valence electrons. The van der Waals surface area contributed by atoms with Gasteiger partial charge in [-0.3, -0.25) is 4.79 Å². The molecule has 1 amide bonds. The van der Waals surface area contributed by atoms with Crippen LogP contribution in [-0.2, 0) is 14.3 Å². The van der Waals surface area contributed by atoms with Gasteiger partial charge in [0.25, 0.3) is 0 Å². The first kappa shape index (κ1) is 29.9. The predicted molar refractivity (Wildman–Crippen MR) is 129 cm³/mol. The number of amides is 1. The SMILES string of the molecule is CC(C)C[C@H](NCC(O)[C@H](CC(C)C)NC(=O)OC(C)(C)C)C(=O)OCC[Si](C)(C)C. The maximum atomic E-state index is 12.6. The van der Waals surface area contributed by atoms with Gasteiger partial charge in [-0.1, -0.05) is 47.3 Å². The van der Waals surface area contributed by atoms with Crippen molar-refractivity contribution in [3.05, 3.63) is 0 Å². The van der Waals surface area contributed by atoms with Crippen LogP contribution < -0.4 is 10.6 Å². The molecule has 0 radical (unpaired) electrons. The molecule has 0 aliphatic heterocycles. The minimum Gasteiger partial charge on any atom is -0.465 e. The standard InChI is InChI=1S/C23H48N2O5Si/c1-16(2)13-18(25-22(28)30-23(5,6)7)20(26)15-24-19(14-17(3)4)21(27)29-11-12-31(8,9)10/h16-20,24,26H,11-15H2,1-10H3,(H,25,28)/t18-,19-,20?/m0/s1. The molecular formula is C23H48N2O5Si. The van der Waals surface area contributed by atoms with Crippen molar-refractivity contribution in [3.8, 4) is 0 Å². The van der Waals surface area contributed by atoms with Crippen molar-refractivity contribution < 1.29 is 24.2 Å². The van der Waals surface area contributed by atoms with Crippen molar-refractivity contribution in [3.63, 3.8) is 0 Å². The van der Waals surface area contributed by atoms with E-state index in [2.05, 4.69) is 30.3 Å². The highest BCUT2D eigenvalue weighted by atomic mass is 28.3. The Morgan fingerprint density at radius 3 is 2.00 bits per heavy atom. The molecule has 0 saturated carbocycles. The summed E-state index contributed by atoms with van der Waals surface area (Å²) in [4.78, 5) is 24.8. The lowest BCUT2D eigenvalue weighted by Crippen LogP contribution is -2.52. The average Bonchev–Trinajstić information content (AvgIpc) is 2.53. The van der Waals surface area contributed by atoms with E-state index in [-0.39, 0.29) is 18.4 Å². The molecule has 0 aromatic carbocycles. The van der Waals surface area contributed by atoms with E-state index in [1.54, 1.807) is 20.8 Å². The van der Waals surface area contributed by atoms with Crippen molar-refractivity contribution in [2.75, 3.05) is 13.2 Å². The van der Waals surface area contributed by atoms with E-state index in [4.69, 9.17) is 9.47 Å². The largest absolute Gasteiger partial charge is 0.465 e. The fourth-order valence-corrected chi connectivity index (χ4v) is 3.69. The molecule has 0 heterocycles. The Bertz CT molecular complexity index is 541. The molecule has 0 aromatic rings. The van der Waals surface area contributed by atoms with Crippen LogP contribution >= 0.6 is 0 Å². The summed E-state index contributed by atoms with van der Waals surface area (Å²) in [6, 6.07) is -0.0473. The van der Waals surface area contributed by atoms with Crippen molar-refractivity contribution in [1.29, 1.82) is 0 Å². The summed E-state index contributed by atoms with van der Waals surface area (Å²) in [6.07, 6.45) is -0.203. The number of esters is 1. The molecule has 0 saturated heterocycles. The lowest BCUT2D eigenvalue weighted by Gasteiger charge is -2.29. The molecule has 1 unspecified atom stereocenters. The molecule has 0 spiro atoms. The van der Waals surface area contributed by atoms with E-state index < -0.39 is 38.0 Å². The number of alkyl carbamates (subject to hydrolysis) is 1. The van der Waals surface area contributed by atoms with Gasteiger partial charge in [-0.2, -0.15) is 0 Å². The highest BCUT2D eigenvalue weighted by molar-refractivity contribution is 6.76. The van der Waals surface area contributed by atoms with Gasteiger partial charge in [0, 0.05) is 14.6 Å². The van der Waals surface area contributed by atoms with Crippen LogP contribution in [0.25, 0.3) is 0 Å². The zero-order chi connectivity index (χ0) is 24.4. The lowest BCUT2D eigenvalue weighted by atomic mass is 9.98. The van der Waals surface area contributed by atoms with E-state index in [0.717, 1.165) is 6.04 Å². The lowest BCUT2D eigenvalue weighted by molar-refractivity contribution is -0.146. The van der Waals surface area contributed by atoms with Crippen LogP contribution in [0, 0.1) is 11.8 Å². The Labute approximate surface area is 191 Å². The van der Waals surface area contributed by atoms with Gasteiger partial charge < -0.3 is 25.2 Å². The quantitative estimate of drug-likeness (QED) is 0.282. The first-order chi connectivity index (χ1) is 14.0. The second-order valence-corrected chi connectivity index (χ2v) is 17.1. The molecule has 0 bridgehead atoms. The molecule has 0 rings (SSSR count). The number of rotatable bonds is 13. The predicted octanol–water partition coefficient (Wildman–Crippen LogP) is 4.17. The van der Waals surface area contributed by atoms with Gasteiger partial charge >= 0.3 is 12.1 Å². The Morgan fingerprint density at radius 2 is 1.55 bits per heavy atom. The first-order valence-corrected chi connectivity index (χ1v) is 15.3. The van der Waals surface area contributed by atoms with E-state index in [1.165, 1.54) is 0 Å². The number of carbonyl (C=O) groups excluding carboxylic acids is 2. The number of hydrogen-bond donors (Lipinski definition) is 3. The normalized spacial score (nSPS) is 15.5. The van der Waals surface area contributed by atoms with Gasteiger partial charge in [-0.15, -0.1) is 0 Å². The number of ether oxygens (including phenoxy) is 2. The molecule has 31 heavy (non-hydrogen) atoms. The summed E-state index contributed by atoms with van der Waals surface area (Å²) in [5.74, 6) is 0.290. The van der Waals surface area contributed by atoms with Gasteiger partial charge in [0.1, 0.15) is 11.6 Å². The van der Waals surface area contributed by atoms with Gasteiger partial charge in [-0.05, 0) is 51.5 Å². The summed E-state index contributed by atoms with van der Waals surface area (Å²) < 4.78 is 10.9. The second kappa shape index (κ2) is 13.4. The fraction of sp³-hybridized carbons (Fsp3) is 0.913. The van der Waals surface area contributed by atoms with E-state index in [0.29, 0.717) is 25.4 Å². The number of aliphatic hydroxyl groups is 1. The summed E-state index contributed by atoms with van der Waals surface area (Å²) >= 11 is 0. The van der Waals surface area contributed by atoms with Gasteiger partial charge in [0.05, 0.1) is 18.8 Å². The number of hydrogen-bond acceptors (Lipinski definition) is 6. The van der Waals surface area contributed by atoms with Crippen molar-refractivity contribution >= 4 is 20.1 Å². The highest BCUT2D eigenvalue weighted by Crippen LogP contribution is 2.13. The van der Waals surface area contributed by atoms with Crippen LogP contribution in [0.4, 0.5) is 4.79 Å². The zero-order valence-corrected chi connectivity index (χ0v) is 22.5. The minimum atomic E-state index is -1.28. The molecular weight excluding hydrogens is 412 g/mol. The summed E-state index contributed by atoms with van der Waals surface area (Å²) in [5, 5.41) is 16.7. The Balaban J connectivity index is 4.98. The fourth-order valence-electron chi connectivity index (χ4n) is 2.98. The van der Waals surface area contributed by atoms with E-state index in [9.17, 15) is 14.7 Å². The Kier molecular flexibility index (Phi) is 12.9. The smallest absolute Gasteiger partial charge is 0.407 e. The van der Waals surface area contributed by atoms with Crippen molar-refractivity contribution in [2.24, 2.45) is 11.8 Å². The maximum Gasteiger partial charge on any atom is 0.407 e. The number of nitrogens with one attached hydrogen (secondary N) is 2. The molecule has 3 N–H and O–H groups in total. The monoisotopic (exact) mass is 460 g/mol. The highest BCUT2D eigenvalue weighted by Gasteiger charge is 2.28. The zero-order valence-electron chi connectivity index (χ0n) is 21.5. The Morgan fingerprint density at radius 1 is 1.00 bits per heavy atom. The van der Waals surface area contributed by atoms with Crippen LogP contribution in [0.5, 0.6) is 0 Å². The molecule has 7 nitrogen and oxygen atoms in total. The number of aliphatic hydroxyl groups excluding tert-OH is 1. The van der Waals surface area contributed by atoms with Crippen LogP contribution in [0.1, 0.15) is 61.3 Å². The molecule has 0 fully saturated rings. The Hall–Kier alpha value is -1.12. The van der Waals surface area contributed by atoms with Crippen LogP contribution in [0.15, 0.2) is 0 Å². The van der Waals surface area contributed by atoms with Crippen LogP contribution in [-0.4, -0.2) is 62.2 Å². The van der Waals surface area contributed by atoms with Crippen molar-refractivity contribution in [1.82, 2.24) is 10.6 Å². The van der Waals surface area contributed by atoms with Gasteiger partial charge in [0.15, 0.2) is 0 Å². The molecule has 0 aromatic heterocycles. The number of carbonyl (C=O) groups is 2. The summed E-state index contributed by atoms with van der Waals surface area (Å²) in [6.45, 7) is 20.9. The third kappa shape index (κ3) is 16.2. The van der Waals surface area contributed by atoms with Crippen LogP contribution in [0.2, 0.25) is 25.7 Å². The summed E-state index contributed by atoms with van der Waals surface area (Å²) in [7, 11) is -1.28. The minimum absolute atomic E-state index is 0.174. The average molecular weight is 461 g/mol. The third-order valence-electron chi connectivity index (χ3n) is 4.55. The van der Waals surface area contributed by atoms with Gasteiger partial charge in [-0.25, -0.2) is 4.79 Å². The van der Waals surface area contributed by atoms with E-state index in [1.807, 2.05) is 27.7 Å². The summed E-state index contributed by atoms with van der Waals surface area (Å²) in [5.41, 5.74) is -0.613. The topological polar surface area (TPSA) is 96.9 Å². The third-order valence-corrected chi connectivity index (χ3v) is 6.26. The van der Waals surface area contributed by atoms with Crippen molar-refractivity contribution in [2.45, 2.75) is 111 Å². The van der Waals surface area contributed by atoms with E-state index >= 15 is 0 Å². The maximum absolute atomic E-state index is 12.6. The van der Waals surface area contributed by atoms with Crippen LogP contribution in [0.3, 0.4) is 0 Å². The molecule has 8 heteroatoms. The second-order valence-electron chi connectivity index (χ2n) is 11.5. The molecule has 0 aliphatic carbocycles. The van der Waals surface area contributed by atoms with Gasteiger partial charge in [0.2, 0.25) is 0 Å². The first-order valence-electron chi connectivity index (χ1n) is 11.6.